The van der Waals surface area contributed by atoms with Crippen LogP contribution in [0.5, 0.6) is 0 Å². The van der Waals surface area contributed by atoms with Crippen molar-refractivity contribution in [3.63, 3.8) is 0 Å². The van der Waals surface area contributed by atoms with E-state index in [0.717, 1.165) is 0 Å². The third-order valence-corrected chi connectivity index (χ3v) is 1.29. The zero-order valence-corrected chi connectivity index (χ0v) is 8.08. The molecule has 1 rings (SSSR count). The molecule has 3 nitrogen and oxygen atoms in total. The maximum Gasteiger partial charge on any atom is 0.312 e. The molecule has 0 aromatic heterocycles. The maximum atomic E-state index is 9.71. The minimum atomic E-state index is -0.461. The van der Waals surface area contributed by atoms with Crippen molar-refractivity contribution in [2.45, 2.75) is 13.8 Å². The van der Waals surface area contributed by atoms with E-state index in [1.807, 2.05) is 25.1 Å². The number of hydrogen-bond acceptors (Lipinski definition) is 1. The lowest BCUT2D eigenvalue weighted by Gasteiger charge is -1.88. The van der Waals surface area contributed by atoms with Gasteiger partial charge in [0.2, 0.25) is 0 Å². The number of carbonyl (C=O) groups is 1. The van der Waals surface area contributed by atoms with Crippen LogP contribution in [0.3, 0.4) is 0 Å². The lowest BCUT2D eigenvalue weighted by Crippen LogP contribution is -2.28. The average molecular weight is 180 g/mol. The topological polar surface area (TPSA) is 55.1 Å². The van der Waals surface area contributed by atoms with E-state index in [0.29, 0.717) is 6.54 Å². The molecule has 3 heteroatoms. The van der Waals surface area contributed by atoms with Crippen LogP contribution in [0, 0.1) is 6.92 Å². The van der Waals surface area contributed by atoms with Crippen LogP contribution in [0.2, 0.25) is 0 Å². The van der Waals surface area contributed by atoms with Crippen LogP contribution in [-0.2, 0) is 0 Å². The van der Waals surface area contributed by atoms with Crippen molar-refractivity contribution in [3.05, 3.63) is 35.9 Å². The second-order valence-electron chi connectivity index (χ2n) is 2.55. The van der Waals surface area contributed by atoms with Crippen molar-refractivity contribution in [2.24, 2.45) is 5.73 Å². The Morgan fingerprint density at radius 3 is 2.08 bits per heavy atom. The Morgan fingerprint density at radius 1 is 1.38 bits per heavy atom. The van der Waals surface area contributed by atoms with Crippen LogP contribution in [-0.4, -0.2) is 12.6 Å². The third kappa shape index (κ3) is 8.40. The molecule has 0 aliphatic heterocycles. The third-order valence-electron chi connectivity index (χ3n) is 1.29. The molecule has 1 aromatic rings. The summed E-state index contributed by atoms with van der Waals surface area (Å²) in [5.41, 5.74) is 5.97. The van der Waals surface area contributed by atoms with E-state index in [9.17, 15) is 4.79 Å². The molecular weight excluding hydrogens is 164 g/mol. The molecule has 0 saturated carbocycles. The SMILES string of the molecule is CCNC(N)=O.Cc1ccccc1. The minimum absolute atomic E-state index is 0.461. The monoisotopic (exact) mass is 180 g/mol. The minimum Gasteiger partial charge on any atom is -0.352 e. The van der Waals surface area contributed by atoms with Crippen molar-refractivity contribution in [1.29, 1.82) is 0 Å². The molecule has 0 fully saturated rings. The summed E-state index contributed by atoms with van der Waals surface area (Å²) in [4.78, 5) is 9.71. The molecule has 0 spiro atoms. The predicted octanol–water partition coefficient (Wildman–Crippen LogP) is 1.67. The highest BCUT2D eigenvalue weighted by Crippen LogP contribution is 1.92. The standard InChI is InChI=1S/C7H8.C3H8N2O/c1-7-5-3-2-4-6-7;1-2-5-3(4)6/h2-6H,1H3;2H2,1H3,(H3,4,5,6). The summed E-state index contributed by atoms with van der Waals surface area (Å²) in [5, 5.41) is 2.35. The fraction of sp³-hybridized carbons (Fsp3) is 0.300. The highest BCUT2D eigenvalue weighted by molar-refractivity contribution is 5.71. The zero-order chi connectivity index (χ0) is 10.1. The van der Waals surface area contributed by atoms with Crippen LogP contribution in [0.1, 0.15) is 12.5 Å². The fourth-order valence-electron chi connectivity index (χ4n) is 0.709. The summed E-state index contributed by atoms with van der Waals surface area (Å²) < 4.78 is 0. The van der Waals surface area contributed by atoms with E-state index >= 15 is 0 Å². The Labute approximate surface area is 78.9 Å². The van der Waals surface area contributed by atoms with Gasteiger partial charge in [-0.2, -0.15) is 0 Å². The molecule has 0 saturated heterocycles. The summed E-state index contributed by atoms with van der Waals surface area (Å²) in [7, 11) is 0. The Kier molecular flexibility index (Phi) is 6.32. The molecule has 0 heterocycles. The summed E-state index contributed by atoms with van der Waals surface area (Å²) in [6.45, 7) is 4.50. The first-order valence-corrected chi connectivity index (χ1v) is 4.21. The lowest BCUT2D eigenvalue weighted by atomic mass is 10.2. The molecule has 0 bridgehead atoms. The smallest absolute Gasteiger partial charge is 0.312 e. The summed E-state index contributed by atoms with van der Waals surface area (Å²) in [6, 6.07) is 9.80. The van der Waals surface area contributed by atoms with E-state index in [2.05, 4.69) is 30.1 Å². The predicted molar refractivity (Wildman–Crippen MR) is 54.4 cm³/mol. The Morgan fingerprint density at radius 2 is 1.92 bits per heavy atom. The van der Waals surface area contributed by atoms with Gasteiger partial charge in [-0.05, 0) is 13.8 Å². The van der Waals surface area contributed by atoms with Gasteiger partial charge in [0, 0.05) is 6.54 Å². The molecule has 3 N–H and O–H groups in total. The molecule has 0 aliphatic rings. The van der Waals surface area contributed by atoms with Crippen molar-refractivity contribution in [3.8, 4) is 0 Å². The van der Waals surface area contributed by atoms with Crippen molar-refractivity contribution < 1.29 is 4.79 Å². The van der Waals surface area contributed by atoms with Gasteiger partial charge in [-0.15, -0.1) is 0 Å². The van der Waals surface area contributed by atoms with E-state index in [1.54, 1.807) is 0 Å². The first-order chi connectivity index (χ1) is 6.16. The average Bonchev–Trinajstić information content (AvgIpc) is 2.06. The largest absolute Gasteiger partial charge is 0.352 e. The van der Waals surface area contributed by atoms with Gasteiger partial charge in [-0.25, -0.2) is 4.79 Å². The van der Waals surface area contributed by atoms with E-state index in [1.165, 1.54) is 5.56 Å². The van der Waals surface area contributed by atoms with E-state index < -0.39 is 6.03 Å². The number of carbonyl (C=O) groups excluding carboxylic acids is 1. The number of nitrogens with one attached hydrogen (secondary N) is 1. The molecular formula is C10H16N2O. The molecule has 72 valence electrons. The molecule has 13 heavy (non-hydrogen) atoms. The summed E-state index contributed by atoms with van der Waals surface area (Å²) in [5.74, 6) is 0. The van der Waals surface area contributed by atoms with Gasteiger partial charge in [0.15, 0.2) is 0 Å². The molecule has 0 unspecified atom stereocenters. The number of aryl methyl sites for hydroxylation is 1. The van der Waals surface area contributed by atoms with Gasteiger partial charge >= 0.3 is 6.03 Å². The molecule has 0 atom stereocenters. The molecule has 2 amide bonds. The van der Waals surface area contributed by atoms with Gasteiger partial charge in [-0.1, -0.05) is 35.9 Å². The number of benzene rings is 1. The molecule has 0 radical (unpaired) electrons. The maximum absolute atomic E-state index is 9.71. The Hall–Kier alpha value is -1.51. The second-order valence-corrected chi connectivity index (χ2v) is 2.55. The summed E-state index contributed by atoms with van der Waals surface area (Å²) >= 11 is 0. The van der Waals surface area contributed by atoms with Crippen molar-refractivity contribution in [2.75, 3.05) is 6.54 Å². The number of nitrogens with two attached hydrogens (primary N) is 1. The zero-order valence-electron chi connectivity index (χ0n) is 8.08. The van der Waals surface area contributed by atoms with Gasteiger partial charge in [-0.3, -0.25) is 0 Å². The first-order valence-electron chi connectivity index (χ1n) is 4.21. The second kappa shape index (κ2) is 7.16. The highest BCUT2D eigenvalue weighted by atomic mass is 16.2. The van der Waals surface area contributed by atoms with Crippen LogP contribution >= 0.6 is 0 Å². The van der Waals surface area contributed by atoms with Gasteiger partial charge in [0.25, 0.3) is 0 Å². The van der Waals surface area contributed by atoms with E-state index in [4.69, 9.17) is 0 Å². The number of rotatable bonds is 1. The van der Waals surface area contributed by atoms with Crippen molar-refractivity contribution in [1.82, 2.24) is 5.32 Å². The fourth-order valence-corrected chi connectivity index (χ4v) is 0.709. The van der Waals surface area contributed by atoms with Crippen LogP contribution in [0.4, 0.5) is 4.79 Å². The number of hydrogen-bond donors (Lipinski definition) is 2. The number of amides is 2. The van der Waals surface area contributed by atoms with Gasteiger partial charge in [0.1, 0.15) is 0 Å². The molecule has 1 aromatic carbocycles. The lowest BCUT2D eigenvalue weighted by molar-refractivity contribution is 0.249. The van der Waals surface area contributed by atoms with Gasteiger partial charge in [0.05, 0.1) is 0 Å². The number of urea groups is 1. The normalized spacial score (nSPS) is 8.15. The number of primary amides is 1. The Bertz CT molecular complexity index is 234. The first kappa shape index (κ1) is 11.5. The Balaban J connectivity index is 0.000000226. The van der Waals surface area contributed by atoms with Gasteiger partial charge < -0.3 is 11.1 Å². The van der Waals surface area contributed by atoms with Crippen LogP contribution < -0.4 is 11.1 Å². The van der Waals surface area contributed by atoms with Crippen molar-refractivity contribution >= 4 is 6.03 Å². The quantitative estimate of drug-likeness (QED) is 0.678. The van der Waals surface area contributed by atoms with Crippen LogP contribution in [0.15, 0.2) is 30.3 Å². The molecule has 0 aliphatic carbocycles. The summed E-state index contributed by atoms with van der Waals surface area (Å²) in [6.07, 6.45) is 0. The van der Waals surface area contributed by atoms with E-state index in [-0.39, 0.29) is 0 Å². The highest BCUT2D eigenvalue weighted by Gasteiger charge is 1.79. The van der Waals surface area contributed by atoms with Crippen LogP contribution in [0.25, 0.3) is 0 Å².